The molecule has 0 aliphatic heterocycles. The largest absolute Gasteiger partial charge is 0.455 e. The average molecular weight is 278 g/mol. The lowest BCUT2D eigenvalue weighted by atomic mass is 10.1. The van der Waals surface area contributed by atoms with Gasteiger partial charge in [0.2, 0.25) is 0 Å². The lowest BCUT2D eigenvalue weighted by Crippen LogP contribution is -1.95. The molecular formula is C17H23FO2. The van der Waals surface area contributed by atoms with Crippen LogP contribution in [0.4, 0.5) is 4.39 Å². The highest BCUT2D eigenvalue weighted by atomic mass is 19.1. The first-order chi connectivity index (χ1) is 9.72. The Morgan fingerprint density at radius 2 is 1.90 bits per heavy atom. The number of hydrogen-bond donors (Lipinski definition) is 1. The lowest BCUT2D eigenvalue weighted by molar-refractivity contribution is 0.138. The first kappa shape index (κ1) is 15.0. The van der Waals surface area contributed by atoms with Crippen molar-refractivity contribution in [2.75, 3.05) is 0 Å². The number of fused-ring (bicyclic) bond motifs is 1. The smallest absolute Gasteiger partial charge is 0.170 e. The van der Waals surface area contributed by atoms with E-state index in [-0.39, 0.29) is 11.4 Å². The lowest BCUT2D eigenvalue weighted by Gasteiger charge is -2.07. The maximum Gasteiger partial charge on any atom is 0.170 e. The molecule has 110 valence electrons. The molecule has 0 saturated heterocycles. The van der Waals surface area contributed by atoms with Crippen LogP contribution in [0, 0.1) is 5.82 Å². The summed E-state index contributed by atoms with van der Waals surface area (Å²) in [5.41, 5.74) is 0.240. The number of para-hydroxylation sites is 1. The highest BCUT2D eigenvalue weighted by Crippen LogP contribution is 2.28. The van der Waals surface area contributed by atoms with E-state index < -0.39 is 6.10 Å². The number of furan rings is 1. The Morgan fingerprint density at radius 3 is 2.65 bits per heavy atom. The maximum atomic E-state index is 13.5. The van der Waals surface area contributed by atoms with Crippen molar-refractivity contribution >= 4 is 11.0 Å². The number of unbranched alkanes of at least 4 members (excludes halogenated alkanes) is 5. The molecule has 2 aromatic rings. The second-order valence-electron chi connectivity index (χ2n) is 5.38. The predicted octanol–water partition coefficient (Wildman–Crippen LogP) is 5.36. The molecule has 2 nitrogen and oxygen atoms in total. The number of aliphatic hydroxyl groups is 1. The molecule has 1 atom stereocenters. The fourth-order valence-corrected chi connectivity index (χ4v) is 2.47. The van der Waals surface area contributed by atoms with Crippen LogP contribution < -0.4 is 0 Å². The van der Waals surface area contributed by atoms with E-state index in [0.29, 0.717) is 17.6 Å². The Labute approximate surface area is 119 Å². The van der Waals surface area contributed by atoms with Gasteiger partial charge in [0.1, 0.15) is 11.9 Å². The van der Waals surface area contributed by atoms with Gasteiger partial charge in [0.05, 0.1) is 0 Å². The summed E-state index contributed by atoms with van der Waals surface area (Å²) >= 11 is 0. The van der Waals surface area contributed by atoms with Crippen molar-refractivity contribution in [3.63, 3.8) is 0 Å². The van der Waals surface area contributed by atoms with Crippen LogP contribution in [0.15, 0.2) is 28.7 Å². The minimum Gasteiger partial charge on any atom is -0.455 e. The molecule has 0 bridgehead atoms. The van der Waals surface area contributed by atoms with Gasteiger partial charge in [-0.2, -0.15) is 0 Å². The van der Waals surface area contributed by atoms with E-state index in [1.54, 1.807) is 18.2 Å². The Balaban J connectivity index is 1.85. The van der Waals surface area contributed by atoms with E-state index in [2.05, 4.69) is 6.92 Å². The predicted molar refractivity (Wildman–Crippen MR) is 79.1 cm³/mol. The summed E-state index contributed by atoms with van der Waals surface area (Å²) < 4.78 is 18.9. The van der Waals surface area contributed by atoms with E-state index >= 15 is 0 Å². The normalized spacial score (nSPS) is 12.9. The molecule has 0 aliphatic rings. The third kappa shape index (κ3) is 3.83. The fourth-order valence-electron chi connectivity index (χ4n) is 2.47. The Hall–Kier alpha value is -1.35. The molecule has 0 spiro atoms. The number of hydrogen-bond acceptors (Lipinski definition) is 2. The summed E-state index contributed by atoms with van der Waals surface area (Å²) in [5.74, 6) is 0.0965. The van der Waals surface area contributed by atoms with Gasteiger partial charge in [0.25, 0.3) is 0 Å². The standard InChI is InChI=1S/C17H23FO2/c1-2-3-4-5-6-7-11-15(19)16-12-13-9-8-10-14(18)17(13)20-16/h8-10,12,15,19H,2-7,11H2,1H3. The third-order valence-electron chi connectivity index (χ3n) is 3.67. The summed E-state index contributed by atoms with van der Waals surface area (Å²) in [6.45, 7) is 2.20. The quantitative estimate of drug-likeness (QED) is 0.660. The monoisotopic (exact) mass is 278 g/mol. The fraction of sp³-hybridized carbons (Fsp3) is 0.529. The van der Waals surface area contributed by atoms with Gasteiger partial charge >= 0.3 is 0 Å². The third-order valence-corrected chi connectivity index (χ3v) is 3.67. The summed E-state index contributed by atoms with van der Waals surface area (Å²) in [5, 5.41) is 10.8. The van der Waals surface area contributed by atoms with E-state index in [4.69, 9.17) is 4.42 Å². The highest BCUT2D eigenvalue weighted by molar-refractivity contribution is 5.78. The number of rotatable bonds is 8. The molecular weight excluding hydrogens is 255 g/mol. The van der Waals surface area contributed by atoms with Crippen molar-refractivity contribution in [2.24, 2.45) is 0 Å². The molecule has 0 fully saturated rings. The molecule has 20 heavy (non-hydrogen) atoms. The minimum atomic E-state index is -0.632. The van der Waals surface area contributed by atoms with Crippen molar-refractivity contribution in [3.05, 3.63) is 35.8 Å². The van der Waals surface area contributed by atoms with Crippen LogP contribution in [-0.2, 0) is 0 Å². The average Bonchev–Trinajstić information content (AvgIpc) is 2.88. The summed E-state index contributed by atoms with van der Waals surface area (Å²) in [4.78, 5) is 0. The zero-order chi connectivity index (χ0) is 14.4. The SMILES string of the molecule is CCCCCCCCC(O)c1cc2cccc(F)c2o1. The van der Waals surface area contributed by atoms with Crippen molar-refractivity contribution in [1.82, 2.24) is 0 Å². The molecule has 0 aliphatic carbocycles. The second kappa shape index (κ2) is 7.44. The van der Waals surface area contributed by atoms with Crippen LogP contribution in [-0.4, -0.2) is 5.11 Å². The zero-order valence-corrected chi connectivity index (χ0v) is 12.1. The zero-order valence-electron chi connectivity index (χ0n) is 12.1. The van der Waals surface area contributed by atoms with E-state index in [1.165, 1.54) is 31.7 Å². The molecule has 1 aromatic carbocycles. The van der Waals surface area contributed by atoms with Crippen molar-refractivity contribution in [3.8, 4) is 0 Å². The van der Waals surface area contributed by atoms with E-state index in [1.807, 2.05) is 0 Å². The van der Waals surface area contributed by atoms with Crippen LogP contribution in [0.25, 0.3) is 11.0 Å². The van der Waals surface area contributed by atoms with Gasteiger partial charge in [0, 0.05) is 5.39 Å². The molecule has 1 aromatic heterocycles. The van der Waals surface area contributed by atoms with Gasteiger partial charge in [0.15, 0.2) is 11.4 Å². The van der Waals surface area contributed by atoms with E-state index in [9.17, 15) is 9.50 Å². The number of aliphatic hydroxyl groups excluding tert-OH is 1. The molecule has 0 saturated carbocycles. The Morgan fingerprint density at radius 1 is 1.15 bits per heavy atom. The molecule has 1 N–H and O–H groups in total. The summed E-state index contributed by atoms with van der Waals surface area (Å²) in [6.07, 6.45) is 7.16. The van der Waals surface area contributed by atoms with Gasteiger partial charge in [-0.05, 0) is 18.6 Å². The molecule has 0 amide bonds. The van der Waals surface area contributed by atoms with Gasteiger partial charge in [-0.25, -0.2) is 4.39 Å². The van der Waals surface area contributed by atoms with Gasteiger partial charge in [-0.15, -0.1) is 0 Å². The minimum absolute atomic E-state index is 0.240. The number of halogens is 1. The Bertz CT molecular complexity index is 533. The van der Waals surface area contributed by atoms with Crippen LogP contribution in [0.5, 0.6) is 0 Å². The molecule has 0 radical (unpaired) electrons. The molecule has 1 heterocycles. The van der Waals surface area contributed by atoms with Gasteiger partial charge in [-0.1, -0.05) is 57.6 Å². The van der Waals surface area contributed by atoms with Crippen LogP contribution in [0.3, 0.4) is 0 Å². The Kier molecular flexibility index (Phi) is 5.60. The summed E-state index contributed by atoms with van der Waals surface area (Å²) in [7, 11) is 0. The first-order valence-electron chi connectivity index (χ1n) is 7.58. The van der Waals surface area contributed by atoms with Crippen LogP contribution >= 0.6 is 0 Å². The molecule has 2 rings (SSSR count). The number of benzene rings is 1. The molecule has 1 unspecified atom stereocenters. The highest BCUT2D eigenvalue weighted by Gasteiger charge is 2.14. The first-order valence-corrected chi connectivity index (χ1v) is 7.58. The van der Waals surface area contributed by atoms with Crippen molar-refractivity contribution < 1.29 is 13.9 Å². The topological polar surface area (TPSA) is 33.4 Å². The van der Waals surface area contributed by atoms with Crippen molar-refractivity contribution in [1.29, 1.82) is 0 Å². The second-order valence-corrected chi connectivity index (χ2v) is 5.38. The summed E-state index contributed by atoms with van der Waals surface area (Å²) in [6, 6.07) is 6.55. The van der Waals surface area contributed by atoms with Crippen molar-refractivity contribution in [2.45, 2.75) is 58.0 Å². The van der Waals surface area contributed by atoms with Gasteiger partial charge in [-0.3, -0.25) is 0 Å². The molecule has 3 heteroatoms. The van der Waals surface area contributed by atoms with Crippen LogP contribution in [0.1, 0.15) is 63.7 Å². The van der Waals surface area contributed by atoms with E-state index in [0.717, 1.165) is 12.8 Å². The van der Waals surface area contributed by atoms with Crippen LogP contribution in [0.2, 0.25) is 0 Å². The maximum absolute atomic E-state index is 13.5. The van der Waals surface area contributed by atoms with Gasteiger partial charge < -0.3 is 9.52 Å².